The number of nitrogens with zero attached hydrogens (tertiary/aromatic N) is 3. The molecule has 0 bridgehead atoms. The molecule has 1 heterocycles. The van der Waals surface area contributed by atoms with Crippen molar-refractivity contribution in [3.05, 3.63) is 66.7 Å². The molecule has 0 radical (unpaired) electrons. The molecular formula is C20H20FN3O. The van der Waals surface area contributed by atoms with Gasteiger partial charge in [-0.15, -0.1) is 0 Å². The van der Waals surface area contributed by atoms with Crippen molar-refractivity contribution in [1.82, 2.24) is 9.97 Å². The monoisotopic (exact) mass is 337 g/mol. The van der Waals surface area contributed by atoms with Crippen molar-refractivity contribution < 1.29 is 9.13 Å². The lowest BCUT2D eigenvalue weighted by molar-refractivity contribution is 0.442. The average molecular weight is 337 g/mol. The average Bonchev–Trinajstić information content (AvgIpc) is 2.65. The Balaban J connectivity index is 1.75. The van der Waals surface area contributed by atoms with Crippen molar-refractivity contribution in [3.63, 3.8) is 0 Å². The molecule has 3 aromatic rings. The van der Waals surface area contributed by atoms with Gasteiger partial charge in [0.25, 0.3) is 0 Å². The lowest BCUT2D eigenvalue weighted by Crippen LogP contribution is -2.21. The van der Waals surface area contributed by atoms with Crippen LogP contribution in [0.15, 0.2) is 60.9 Å². The van der Waals surface area contributed by atoms with Crippen molar-refractivity contribution in [2.45, 2.75) is 13.8 Å². The van der Waals surface area contributed by atoms with Crippen molar-refractivity contribution in [1.29, 1.82) is 0 Å². The summed E-state index contributed by atoms with van der Waals surface area (Å²) in [6.45, 7) is 6.11. The summed E-state index contributed by atoms with van der Waals surface area (Å²) in [5.74, 6) is 0.427. The summed E-state index contributed by atoms with van der Waals surface area (Å²) in [6, 6.07) is 14.4. The minimum absolute atomic E-state index is 0.266. The molecule has 0 saturated heterocycles. The maximum atomic E-state index is 13.0. The minimum atomic E-state index is -0.266. The first-order chi connectivity index (χ1) is 12.2. The second-order valence-electron chi connectivity index (χ2n) is 5.53. The number of anilines is 1. The number of rotatable bonds is 6. The standard InChI is InChI=1S/C20H20FN3O/c1-3-24(4-2)18-6-5-7-19(12-18)25-20-22-13-16(14-23-20)15-8-10-17(21)11-9-15/h5-14H,3-4H2,1-2H3. The van der Waals surface area contributed by atoms with E-state index in [1.807, 2.05) is 18.2 Å². The van der Waals surface area contributed by atoms with Crippen LogP contribution in [0.25, 0.3) is 11.1 Å². The van der Waals surface area contributed by atoms with Crippen molar-refractivity contribution in [3.8, 4) is 22.9 Å². The highest BCUT2D eigenvalue weighted by Crippen LogP contribution is 2.25. The van der Waals surface area contributed by atoms with Gasteiger partial charge < -0.3 is 9.64 Å². The quantitative estimate of drug-likeness (QED) is 0.640. The summed E-state index contributed by atoms with van der Waals surface area (Å²) in [5.41, 5.74) is 2.77. The first-order valence-corrected chi connectivity index (χ1v) is 8.30. The summed E-state index contributed by atoms with van der Waals surface area (Å²) in [6.07, 6.45) is 3.34. The van der Waals surface area contributed by atoms with Gasteiger partial charge in [-0.2, -0.15) is 0 Å². The SMILES string of the molecule is CCN(CC)c1cccc(Oc2ncc(-c3ccc(F)cc3)cn2)c1. The molecule has 1 aromatic heterocycles. The van der Waals surface area contributed by atoms with Crippen LogP contribution in [0.5, 0.6) is 11.8 Å². The van der Waals surface area contributed by atoms with Crippen LogP contribution >= 0.6 is 0 Å². The summed E-state index contributed by atoms with van der Waals surface area (Å²) in [7, 11) is 0. The van der Waals surface area contributed by atoms with Gasteiger partial charge in [0, 0.05) is 42.8 Å². The lowest BCUT2D eigenvalue weighted by Gasteiger charge is -2.21. The maximum absolute atomic E-state index is 13.0. The molecule has 0 amide bonds. The fourth-order valence-corrected chi connectivity index (χ4v) is 2.60. The van der Waals surface area contributed by atoms with Crippen LogP contribution in [0.3, 0.4) is 0 Å². The highest BCUT2D eigenvalue weighted by molar-refractivity contribution is 5.61. The van der Waals surface area contributed by atoms with E-state index < -0.39 is 0 Å². The van der Waals surface area contributed by atoms with Crippen molar-refractivity contribution in [2.24, 2.45) is 0 Å². The van der Waals surface area contributed by atoms with Crippen molar-refractivity contribution >= 4 is 5.69 Å². The van der Waals surface area contributed by atoms with Crippen LogP contribution < -0.4 is 9.64 Å². The second-order valence-corrected chi connectivity index (χ2v) is 5.53. The van der Waals surface area contributed by atoms with E-state index >= 15 is 0 Å². The molecule has 5 heteroatoms. The number of aromatic nitrogens is 2. The van der Waals surface area contributed by atoms with E-state index in [2.05, 4.69) is 34.8 Å². The maximum Gasteiger partial charge on any atom is 0.321 e. The highest BCUT2D eigenvalue weighted by atomic mass is 19.1. The molecule has 0 aliphatic heterocycles. The first kappa shape index (κ1) is 16.9. The van der Waals surface area contributed by atoms with E-state index in [1.165, 1.54) is 12.1 Å². The second kappa shape index (κ2) is 7.75. The number of hydrogen-bond acceptors (Lipinski definition) is 4. The molecular weight excluding hydrogens is 317 g/mol. The van der Waals surface area contributed by atoms with Gasteiger partial charge in [-0.05, 0) is 43.7 Å². The Labute approximate surface area is 146 Å². The minimum Gasteiger partial charge on any atom is -0.424 e. The van der Waals surface area contributed by atoms with Gasteiger partial charge in [-0.1, -0.05) is 18.2 Å². The van der Waals surface area contributed by atoms with Gasteiger partial charge in [0.1, 0.15) is 11.6 Å². The number of benzene rings is 2. The largest absolute Gasteiger partial charge is 0.424 e. The molecule has 0 fully saturated rings. The van der Waals surface area contributed by atoms with Crippen LogP contribution in [-0.4, -0.2) is 23.1 Å². The van der Waals surface area contributed by atoms with Crippen LogP contribution in [-0.2, 0) is 0 Å². The summed E-state index contributed by atoms with van der Waals surface area (Å²) >= 11 is 0. The van der Waals surface area contributed by atoms with Gasteiger partial charge in [0.15, 0.2) is 0 Å². The van der Waals surface area contributed by atoms with E-state index in [4.69, 9.17) is 4.74 Å². The fraction of sp³-hybridized carbons (Fsp3) is 0.200. The number of hydrogen-bond donors (Lipinski definition) is 0. The lowest BCUT2D eigenvalue weighted by atomic mass is 10.1. The van der Waals surface area contributed by atoms with Crippen LogP contribution in [0.2, 0.25) is 0 Å². The molecule has 0 N–H and O–H groups in total. The molecule has 0 aliphatic carbocycles. The summed E-state index contributed by atoms with van der Waals surface area (Å²) in [4.78, 5) is 10.7. The van der Waals surface area contributed by atoms with Gasteiger partial charge in [0.2, 0.25) is 0 Å². The molecule has 2 aromatic carbocycles. The number of halogens is 1. The van der Waals surface area contributed by atoms with Crippen molar-refractivity contribution in [2.75, 3.05) is 18.0 Å². The van der Waals surface area contributed by atoms with Crippen LogP contribution in [0.4, 0.5) is 10.1 Å². The fourth-order valence-electron chi connectivity index (χ4n) is 2.60. The predicted octanol–water partition coefficient (Wildman–Crippen LogP) is 4.92. The third-order valence-corrected chi connectivity index (χ3v) is 3.96. The molecule has 0 atom stereocenters. The Morgan fingerprint density at radius 1 is 0.920 bits per heavy atom. The van der Waals surface area contributed by atoms with E-state index in [9.17, 15) is 4.39 Å². The Morgan fingerprint density at radius 3 is 2.24 bits per heavy atom. The van der Waals surface area contributed by atoms with E-state index in [0.29, 0.717) is 5.75 Å². The Morgan fingerprint density at radius 2 is 1.60 bits per heavy atom. The molecule has 25 heavy (non-hydrogen) atoms. The zero-order valence-corrected chi connectivity index (χ0v) is 14.3. The summed E-state index contributed by atoms with van der Waals surface area (Å²) < 4.78 is 18.8. The zero-order valence-electron chi connectivity index (χ0n) is 14.3. The zero-order chi connectivity index (χ0) is 17.6. The van der Waals surface area contributed by atoms with Crippen LogP contribution in [0.1, 0.15) is 13.8 Å². The first-order valence-electron chi connectivity index (χ1n) is 8.30. The Hall–Kier alpha value is -2.95. The molecule has 4 nitrogen and oxygen atoms in total. The Bertz CT molecular complexity index is 815. The topological polar surface area (TPSA) is 38.2 Å². The van der Waals surface area contributed by atoms with Gasteiger partial charge in [-0.25, -0.2) is 14.4 Å². The third kappa shape index (κ3) is 4.12. The molecule has 0 aliphatic rings. The van der Waals surface area contributed by atoms with Gasteiger partial charge in [0.05, 0.1) is 0 Å². The molecule has 128 valence electrons. The molecule has 3 rings (SSSR count). The van der Waals surface area contributed by atoms with E-state index in [0.717, 1.165) is 29.9 Å². The Kier molecular flexibility index (Phi) is 5.23. The number of ether oxygens (including phenoxy) is 1. The predicted molar refractivity (Wildman–Crippen MR) is 97.5 cm³/mol. The smallest absolute Gasteiger partial charge is 0.321 e. The van der Waals surface area contributed by atoms with E-state index in [-0.39, 0.29) is 11.8 Å². The summed E-state index contributed by atoms with van der Waals surface area (Å²) in [5, 5.41) is 0. The van der Waals surface area contributed by atoms with Gasteiger partial charge in [-0.3, -0.25) is 0 Å². The van der Waals surface area contributed by atoms with Crippen LogP contribution in [0, 0.1) is 5.82 Å². The molecule has 0 unspecified atom stereocenters. The van der Waals surface area contributed by atoms with Gasteiger partial charge >= 0.3 is 6.01 Å². The highest BCUT2D eigenvalue weighted by Gasteiger charge is 2.06. The normalized spacial score (nSPS) is 10.5. The molecule has 0 spiro atoms. The third-order valence-electron chi connectivity index (χ3n) is 3.96. The van der Waals surface area contributed by atoms with E-state index in [1.54, 1.807) is 24.5 Å². The molecule has 0 saturated carbocycles.